The molecule has 0 aliphatic rings. The predicted molar refractivity (Wildman–Crippen MR) is 83.2 cm³/mol. The predicted octanol–water partition coefficient (Wildman–Crippen LogP) is 4.73. The lowest BCUT2D eigenvalue weighted by atomic mass is 10.1. The van der Waals surface area contributed by atoms with E-state index in [1.54, 1.807) is 12.1 Å². The van der Waals surface area contributed by atoms with Crippen molar-refractivity contribution >= 4 is 31.9 Å². The molecule has 1 N–H and O–H groups in total. The molecule has 0 aliphatic heterocycles. The molecule has 0 atom stereocenters. The molecule has 0 bridgehead atoms. The minimum atomic E-state index is -0.319. The third-order valence-corrected chi connectivity index (χ3v) is 4.24. The van der Waals surface area contributed by atoms with Crippen LogP contribution in [-0.4, -0.2) is 5.11 Å². The number of hydrogen-bond donors (Lipinski definition) is 1. The highest BCUT2D eigenvalue weighted by molar-refractivity contribution is 9.10. The first-order valence-corrected chi connectivity index (χ1v) is 7.57. The SMILES string of the molecule is Cc1cc(Br)cc(CO)c1OCc1cccc(F)c1Br. The Morgan fingerprint density at radius 2 is 1.95 bits per heavy atom. The first kappa shape index (κ1) is 15.5. The van der Waals surface area contributed by atoms with Gasteiger partial charge in [-0.1, -0.05) is 28.1 Å². The summed E-state index contributed by atoms with van der Waals surface area (Å²) < 4.78 is 20.5. The van der Waals surface area contributed by atoms with Gasteiger partial charge >= 0.3 is 0 Å². The zero-order chi connectivity index (χ0) is 14.7. The van der Waals surface area contributed by atoms with E-state index in [4.69, 9.17) is 4.74 Å². The standard InChI is InChI=1S/C15H13Br2FO2/c1-9-5-12(16)6-11(7-19)15(9)20-8-10-3-2-4-13(18)14(10)17/h2-6,19H,7-8H2,1H3. The van der Waals surface area contributed by atoms with Crippen LogP contribution in [0.1, 0.15) is 16.7 Å². The van der Waals surface area contributed by atoms with Gasteiger partial charge in [0.15, 0.2) is 0 Å². The highest BCUT2D eigenvalue weighted by atomic mass is 79.9. The van der Waals surface area contributed by atoms with Crippen molar-refractivity contribution in [3.63, 3.8) is 0 Å². The van der Waals surface area contributed by atoms with Gasteiger partial charge in [-0.05, 0) is 46.6 Å². The lowest BCUT2D eigenvalue weighted by Crippen LogP contribution is -2.02. The summed E-state index contributed by atoms with van der Waals surface area (Å²) in [6.45, 7) is 2.02. The van der Waals surface area contributed by atoms with Gasteiger partial charge in [-0.25, -0.2) is 4.39 Å². The maximum atomic E-state index is 13.4. The average Bonchev–Trinajstić information content (AvgIpc) is 2.41. The molecular weight excluding hydrogens is 391 g/mol. The van der Waals surface area contributed by atoms with E-state index in [1.807, 2.05) is 19.1 Å². The van der Waals surface area contributed by atoms with Gasteiger partial charge < -0.3 is 9.84 Å². The molecule has 0 radical (unpaired) electrons. The van der Waals surface area contributed by atoms with Gasteiger partial charge in [-0.3, -0.25) is 0 Å². The quantitative estimate of drug-likeness (QED) is 0.799. The van der Waals surface area contributed by atoms with Crippen LogP contribution in [0.3, 0.4) is 0 Å². The molecule has 5 heteroatoms. The van der Waals surface area contributed by atoms with Crippen LogP contribution in [0.15, 0.2) is 39.3 Å². The molecule has 0 amide bonds. The largest absolute Gasteiger partial charge is 0.488 e. The summed E-state index contributed by atoms with van der Waals surface area (Å²) >= 11 is 6.59. The average molecular weight is 404 g/mol. The minimum Gasteiger partial charge on any atom is -0.488 e. The highest BCUT2D eigenvalue weighted by Gasteiger charge is 2.11. The fourth-order valence-electron chi connectivity index (χ4n) is 1.93. The van der Waals surface area contributed by atoms with Crippen molar-refractivity contribution in [3.05, 3.63) is 61.8 Å². The van der Waals surface area contributed by atoms with Crippen LogP contribution in [0.2, 0.25) is 0 Å². The Balaban J connectivity index is 2.25. The fourth-order valence-corrected chi connectivity index (χ4v) is 2.93. The fraction of sp³-hybridized carbons (Fsp3) is 0.200. The van der Waals surface area contributed by atoms with Crippen molar-refractivity contribution in [1.82, 2.24) is 0 Å². The van der Waals surface area contributed by atoms with Crippen molar-refractivity contribution < 1.29 is 14.2 Å². The highest BCUT2D eigenvalue weighted by Crippen LogP contribution is 2.30. The molecule has 20 heavy (non-hydrogen) atoms. The van der Waals surface area contributed by atoms with Crippen LogP contribution in [0.25, 0.3) is 0 Å². The summed E-state index contributed by atoms with van der Waals surface area (Å²) in [6, 6.07) is 8.54. The first-order valence-electron chi connectivity index (χ1n) is 5.98. The van der Waals surface area contributed by atoms with E-state index in [0.717, 1.165) is 15.6 Å². The van der Waals surface area contributed by atoms with Crippen LogP contribution in [-0.2, 0) is 13.2 Å². The first-order chi connectivity index (χ1) is 9.52. The van der Waals surface area contributed by atoms with Gasteiger partial charge in [0.2, 0.25) is 0 Å². The lowest BCUT2D eigenvalue weighted by molar-refractivity contribution is 0.257. The van der Waals surface area contributed by atoms with Crippen LogP contribution < -0.4 is 4.74 Å². The number of halogens is 3. The number of hydrogen-bond acceptors (Lipinski definition) is 2. The Morgan fingerprint density at radius 1 is 1.20 bits per heavy atom. The molecule has 0 aromatic heterocycles. The molecule has 0 spiro atoms. The van der Waals surface area contributed by atoms with E-state index in [0.29, 0.717) is 15.8 Å². The summed E-state index contributed by atoms with van der Waals surface area (Å²) in [5, 5.41) is 9.39. The number of benzene rings is 2. The van der Waals surface area contributed by atoms with Crippen LogP contribution in [0, 0.1) is 12.7 Å². The van der Waals surface area contributed by atoms with Gasteiger partial charge in [0.25, 0.3) is 0 Å². The Bertz CT molecular complexity index is 630. The molecule has 2 rings (SSSR count). The summed E-state index contributed by atoms with van der Waals surface area (Å²) in [5.74, 6) is 0.313. The van der Waals surface area contributed by atoms with Gasteiger partial charge in [-0.15, -0.1) is 0 Å². The third kappa shape index (κ3) is 3.40. The molecular formula is C15H13Br2FO2. The normalized spacial score (nSPS) is 10.7. The maximum Gasteiger partial charge on any atom is 0.137 e. The number of aryl methyl sites for hydroxylation is 1. The lowest BCUT2D eigenvalue weighted by Gasteiger charge is -2.14. The molecule has 2 nitrogen and oxygen atoms in total. The van der Waals surface area contributed by atoms with Crippen molar-refractivity contribution in [3.8, 4) is 5.75 Å². The second-order valence-electron chi connectivity index (χ2n) is 4.37. The Hall–Kier alpha value is -0.910. The molecule has 2 aromatic carbocycles. The molecule has 0 saturated heterocycles. The summed E-state index contributed by atoms with van der Waals surface area (Å²) in [4.78, 5) is 0. The Morgan fingerprint density at radius 3 is 2.65 bits per heavy atom. The van der Waals surface area contributed by atoms with E-state index < -0.39 is 0 Å². The molecule has 0 fully saturated rings. The summed E-state index contributed by atoms with van der Waals surface area (Å²) in [6.07, 6.45) is 0. The van der Waals surface area contributed by atoms with Gasteiger partial charge in [-0.2, -0.15) is 0 Å². The Kier molecular flexibility index (Phi) is 5.18. The number of aliphatic hydroxyl groups is 1. The Labute approximate surface area is 133 Å². The second-order valence-corrected chi connectivity index (χ2v) is 6.08. The molecule has 0 heterocycles. The molecule has 106 valence electrons. The number of rotatable bonds is 4. The van der Waals surface area contributed by atoms with E-state index in [1.165, 1.54) is 6.07 Å². The van der Waals surface area contributed by atoms with E-state index in [-0.39, 0.29) is 19.0 Å². The van der Waals surface area contributed by atoms with Gasteiger partial charge in [0.1, 0.15) is 18.2 Å². The van der Waals surface area contributed by atoms with Crippen LogP contribution in [0.5, 0.6) is 5.75 Å². The number of aliphatic hydroxyl groups excluding tert-OH is 1. The molecule has 0 saturated carbocycles. The van der Waals surface area contributed by atoms with Crippen molar-refractivity contribution in [2.75, 3.05) is 0 Å². The zero-order valence-electron chi connectivity index (χ0n) is 10.8. The second kappa shape index (κ2) is 6.70. The summed E-state index contributed by atoms with van der Waals surface area (Å²) in [7, 11) is 0. The topological polar surface area (TPSA) is 29.5 Å². The van der Waals surface area contributed by atoms with E-state index in [2.05, 4.69) is 31.9 Å². The molecule has 0 aliphatic carbocycles. The van der Waals surface area contributed by atoms with Crippen molar-refractivity contribution in [2.45, 2.75) is 20.1 Å². The van der Waals surface area contributed by atoms with E-state index >= 15 is 0 Å². The molecule has 0 unspecified atom stereocenters. The maximum absolute atomic E-state index is 13.4. The van der Waals surface area contributed by atoms with Crippen molar-refractivity contribution in [1.29, 1.82) is 0 Å². The monoisotopic (exact) mass is 402 g/mol. The van der Waals surface area contributed by atoms with Gasteiger partial charge in [0, 0.05) is 15.6 Å². The van der Waals surface area contributed by atoms with Crippen LogP contribution >= 0.6 is 31.9 Å². The van der Waals surface area contributed by atoms with E-state index in [9.17, 15) is 9.50 Å². The third-order valence-electron chi connectivity index (χ3n) is 2.89. The van der Waals surface area contributed by atoms with Crippen molar-refractivity contribution in [2.24, 2.45) is 0 Å². The number of ether oxygens (including phenoxy) is 1. The molecule has 2 aromatic rings. The zero-order valence-corrected chi connectivity index (χ0v) is 14.0. The van der Waals surface area contributed by atoms with Crippen LogP contribution in [0.4, 0.5) is 4.39 Å². The van der Waals surface area contributed by atoms with Gasteiger partial charge in [0.05, 0.1) is 11.1 Å². The minimum absolute atomic E-state index is 0.111. The summed E-state index contributed by atoms with van der Waals surface area (Å²) in [5.41, 5.74) is 2.33. The smallest absolute Gasteiger partial charge is 0.137 e.